The van der Waals surface area contributed by atoms with Crippen molar-refractivity contribution >= 4 is 11.9 Å². The van der Waals surface area contributed by atoms with Gasteiger partial charge in [-0.15, -0.1) is 0 Å². The topological polar surface area (TPSA) is 66.8 Å². The van der Waals surface area contributed by atoms with Crippen molar-refractivity contribution < 1.29 is 19.4 Å². The molecule has 0 spiro atoms. The Morgan fingerprint density at radius 1 is 1.18 bits per heavy atom. The van der Waals surface area contributed by atoms with E-state index < -0.39 is 12.0 Å². The molecule has 0 radical (unpaired) electrons. The summed E-state index contributed by atoms with van der Waals surface area (Å²) in [6.45, 7) is 1.52. The number of rotatable bonds is 9. The molecule has 5 nitrogen and oxygen atoms in total. The Bertz CT molecular complexity index is 484. The second kappa shape index (κ2) is 9.07. The number of aryl methyl sites for hydroxylation is 1. The van der Waals surface area contributed by atoms with Crippen molar-refractivity contribution in [3.8, 4) is 5.75 Å². The summed E-state index contributed by atoms with van der Waals surface area (Å²) in [7, 11) is 3.19. The molecule has 1 aromatic carbocycles. The Morgan fingerprint density at radius 2 is 1.82 bits per heavy atom. The van der Waals surface area contributed by atoms with Gasteiger partial charge in [0.15, 0.2) is 0 Å². The fraction of sp³-hybridized carbons (Fsp3) is 0.529. The lowest BCUT2D eigenvalue weighted by molar-refractivity contribution is -0.148. The number of ether oxygens (including phenoxy) is 1. The zero-order valence-corrected chi connectivity index (χ0v) is 13.5. The van der Waals surface area contributed by atoms with Crippen molar-refractivity contribution in [1.82, 2.24) is 4.90 Å². The minimum Gasteiger partial charge on any atom is -0.497 e. The average Bonchev–Trinajstić information content (AvgIpc) is 2.53. The second-order valence-corrected chi connectivity index (χ2v) is 5.43. The lowest BCUT2D eigenvalue weighted by Gasteiger charge is -2.21. The number of methoxy groups -OCH3 is 1. The predicted octanol–water partition coefficient (Wildman–Crippen LogP) is 2.73. The molecule has 0 aromatic heterocycles. The number of aliphatic carboxylic acids is 1. The Kier molecular flexibility index (Phi) is 7.43. The number of unbranched alkanes of at least 4 members (excludes halogenated alkanes) is 2. The van der Waals surface area contributed by atoms with Crippen LogP contribution in [-0.2, 0) is 16.0 Å². The van der Waals surface area contributed by atoms with Crippen LogP contribution < -0.4 is 4.74 Å². The largest absolute Gasteiger partial charge is 0.497 e. The van der Waals surface area contributed by atoms with Crippen LogP contribution in [0.2, 0.25) is 0 Å². The van der Waals surface area contributed by atoms with Crippen molar-refractivity contribution in [3.63, 3.8) is 0 Å². The van der Waals surface area contributed by atoms with E-state index in [1.807, 2.05) is 24.3 Å². The molecular formula is C17H25NO4. The molecule has 0 saturated carbocycles. The van der Waals surface area contributed by atoms with Gasteiger partial charge >= 0.3 is 5.97 Å². The van der Waals surface area contributed by atoms with Crippen LogP contribution in [0.1, 0.15) is 38.2 Å². The van der Waals surface area contributed by atoms with E-state index in [-0.39, 0.29) is 5.91 Å². The van der Waals surface area contributed by atoms with Gasteiger partial charge in [0.25, 0.3) is 0 Å². The number of carboxylic acids is 1. The molecular weight excluding hydrogens is 282 g/mol. The van der Waals surface area contributed by atoms with Crippen molar-refractivity contribution in [2.75, 3.05) is 14.2 Å². The summed E-state index contributed by atoms with van der Waals surface area (Å²) in [5.41, 5.74) is 1.25. The zero-order valence-electron chi connectivity index (χ0n) is 13.5. The Hall–Kier alpha value is -2.04. The first-order chi connectivity index (χ1) is 10.5. The van der Waals surface area contributed by atoms with Crippen LogP contribution in [0.5, 0.6) is 5.75 Å². The molecule has 0 bridgehead atoms. The summed E-state index contributed by atoms with van der Waals surface area (Å²) in [6.07, 6.45) is 4.12. The predicted molar refractivity (Wildman–Crippen MR) is 85.0 cm³/mol. The van der Waals surface area contributed by atoms with Gasteiger partial charge in [-0.2, -0.15) is 0 Å². The van der Waals surface area contributed by atoms with Gasteiger partial charge in [-0.3, -0.25) is 4.79 Å². The number of carbonyl (C=O) groups excluding carboxylic acids is 1. The lowest BCUT2D eigenvalue weighted by atomic mass is 10.1. The Morgan fingerprint density at radius 3 is 2.36 bits per heavy atom. The smallest absolute Gasteiger partial charge is 0.326 e. The maximum absolute atomic E-state index is 11.8. The second-order valence-electron chi connectivity index (χ2n) is 5.43. The van der Waals surface area contributed by atoms with Gasteiger partial charge in [0.05, 0.1) is 7.11 Å². The monoisotopic (exact) mass is 307 g/mol. The Balaban J connectivity index is 2.21. The van der Waals surface area contributed by atoms with Crippen LogP contribution in [-0.4, -0.2) is 42.1 Å². The molecule has 0 saturated heterocycles. The Labute approximate surface area is 131 Å². The summed E-state index contributed by atoms with van der Waals surface area (Å²) >= 11 is 0. The van der Waals surface area contributed by atoms with E-state index in [1.165, 1.54) is 17.4 Å². The van der Waals surface area contributed by atoms with Gasteiger partial charge in [0.2, 0.25) is 5.91 Å². The molecule has 1 aromatic rings. The van der Waals surface area contributed by atoms with Gasteiger partial charge in [0.1, 0.15) is 11.8 Å². The van der Waals surface area contributed by atoms with E-state index in [9.17, 15) is 9.59 Å². The number of carbonyl (C=O) groups is 2. The number of hydrogen-bond donors (Lipinski definition) is 1. The molecule has 0 heterocycles. The highest BCUT2D eigenvalue weighted by molar-refractivity contribution is 5.83. The van der Waals surface area contributed by atoms with Gasteiger partial charge in [0, 0.05) is 13.5 Å². The summed E-state index contributed by atoms with van der Waals surface area (Å²) in [5.74, 6) is -0.236. The van der Waals surface area contributed by atoms with E-state index in [4.69, 9.17) is 9.84 Å². The number of nitrogens with zero attached hydrogens (tertiary/aromatic N) is 1. The fourth-order valence-electron chi connectivity index (χ4n) is 2.13. The molecule has 1 unspecified atom stereocenters. The van der Waals surface area contributed by atoms with Crippen molar-refractivity contribution in [2.24, 2.45) is 0 Å². The highest BCUT2D eigenvalue weighted by atomic mass is 16.5. The van der Waals surface area contributed by atoms with Crippen LogP contribution >= 0.6 is 0 Å². The number of carboxylic acid groups (broad SMARTS) is 1. The van der Waals surface area contributed by atoms with Crippen molar-refractivity contribution in [1.29, 1.82) is 0 Å². The normalized spacial score (nSPS) is 11.8. The van der Waals surface area contributed by atoms with Crippen molar-refractivity contribution in [2.45, 2.75) is 45.1 Å². The molecule has 122 valence electrons. The van der Waals surface area contributed by atoms with Gasteiger partial charge in [-0.05, 0) is 43.9 Å². The van der Waals surface area contributed by atoms with E-state index in [0.29, 0.717) is 6.42 Å². The van der Waals surface area contributed by atoms with Crippen LogP contribution in [0.15, 0.2) is 24.3 Å². The maximum Gasteiger partial charge on any atom is 0.326 e. The van der Waals surface area contributed by atoms with Crippen molar-refractivity contribution in [3.05, 3.63) is 29.8 Å². The number of likely N-dealkylation sites (N-methyl/N-ethyl adjacent to an activating group) is 1. The van der Waals surface area contributed by atoms with E-state index in [2.05, 4.69) is 0 Å². The zero-order chi connectivity index (χ0) is 16.5. The first-order valence-corrected chi connectivity index (χ1v) is 7.57. The average molecular weight is 307 g/mol. The summed E-state index contributed by atoms with van der Waals surface area (Å²) in [4.78, 5) is 24.0. The first kappa shape index (κ1) is 18.0. The minimum atomic E-state index is -0.977. The third-order valence-corrected chi connectivity index (χ3v) is 3.85. The third kappa shape index (κ3) is 5.76. The first-order valence-electron chi connectivity index (χ1n) is 7.57. The molecule has 1 amide bonds. The van der Waals surface area contributed by atoms with Gasteiger partial charge in [-0.1, -0.05) is 18.6 Å². The molecule has 0 aliphatic heterocycles. The molecule has 1 atom stereocenters. The van der Waals surface area contributed by atoms with Crippen LogP contribution in [0, 0.1) is 0 Å². The highest BCUT2D eigenvalue weighted by Crippen LogP contribution is 2.14. The summed E-state index contributed by atoms with van der Waals surface area (Å²) in [6, 6.07) is 7.22. The van der Waals surface area contributed by atoms with E-state index in [1.54, 1.807) is 14.2 Å². The molecule has 1 N–H and O–H groups in total. The maximum atomic E-state index is 11.8. The number of benzene rings is 1. The standard InChI is InChI=1S/C17H25NO4/c1-13(17(20)21)18(2)16(19)8-6-4-5-7-14-9-11-15(22-3)12-10-14/h9-13H,4-8H2,1-3H3,(H,20,21). The molecule has 22 heavy (non-hydrogen) atoms. The van der Waals surface area contributed by atoms with Gasteiger partial charge in [-0.25, -0.2) is 4.79 Å². The molecule has 0 aliphatic carbocycles. The molecule has 5 heteroatoms. The molecule has 0 fully saturated rings. The highest BCUT2D eigenvalue weighted by Gasteiger charge is 2.20. The SMILES string of the molecule is COc1ccc(CCCCCC(=O)N(C)C(C)C(=O)O)cc1. The van der Waals surface area contributed by atoms with E-state index in [0.717, 1.165) is 31.4 Å². The number of hydrogen-bond acceptors (Lipinski definition) is 3. The molecule has 0 aliphatic rings. The van der Waals surface area contributed by atoms with Crippen LogP contribution in [0.3, 0.4) is 0 Å². The van der Waals surface area contributed by atoms with Gasteiger partial charge < -0.3 is 14.7 Å². The van der Waals surface area contributed by atoms with Crippen LogP contribution in [0.4, 0.5) is 0 Å². The quantitative estimate of drug-likeness (QED) is 0.712. The van der Waals surface area contributed by atoms with E-state index >= 15 is 0 Å². The van der Waals surface area contributed by atoms with Crippen LogP contribution in [0.25, 0.3) is 0 Å². The fourth-order valence-corrected chi connectivity index (χ4v) is 2.13. The number of amides is 1. The lowest BCUT2D eigenvalue weighted by Crippen LogP contribution is -2.40. The summed E-state index contributed by atoms with van der Waals surface area (Å²) in [5, 5.41) is 8.87. The minimum absolute atomic E-state index is 0.112. The molecule has 1 rings (SSSR count). The summed E-state index contributed by atoms with van der Waals surface area (Å²) < 4.78 is 5.11. The third-order valence-electron chi connectivity index (χ3n) is 3.85.